The van der Waals surface area contributed by atoms with Crippen LogP contribution in [-0.4, -0.2) is 9.97 Å². The van der Waals surface area contributed by atoms with Crippen LogP contribution in [0.25, 0.3) is 11.9 Å². The Balaban J connectivity index is 2.99. The highest BCUT2D eigenvalue weighted by molar-refractivity contribution is 5.54. The quantitative estimate of drug-likeness (QED) is 0.671. The van der Waals surface area contributed by atoms with E-state index in [1.54, 1.807) is 13.0 Å². The van der Waals surface area contributed by atoms with Crippen LogP contribution in [0.3, 0.4) is 0 Å². The first-order valence-electron chi connectivity index (χ1n) is 3.54. The van der Waals surface area contributed by atoms with Crippen LogP contribution in [-0.2, 0) is 0 Å². The number of allylic oxidation sites excluding steroid dienone is 1. The lowest BCUT2D eigenvalue weighted by molar-refractivity contribution is 0.748. The number of hydrogen-bond donors (Lipinski definition) is 0. The van der Waals surface area contributed by atoms with Crippen LogP contribution in [0.1, 0.15) is 18.3 Å². The van der Waals surface area contributed by atoms with Crippen molar-refractivity contribution in [2.24, 2.45) is 0 Å². The maximum absolute atomic E-state index is 12.8. The summed E-state index contributed by atoms with van der Waals surface area (Å²) in [6, 6.07) is 0. The molecule has 0 aromatic carbocycles. The van der Waals surface area contributed by atoms with Gasteiger partial charge in [0, 0.05) is 0 Å². The molecule has 62 valence electrons. The second-order valence-corrected chi connectivity index (χ2v) is 2.17. The predicted octanol–water partition coefficient (Wildman–Crippen LogP) is 2.45. The van der Waals surface area contributed by atoms with Gasteiger partial charge in [0.05, 0.1) is 18.1 Å². The Kier molecular flexibility index (Phi) is 2.69. The smallest absolute Gasteiger partial charge is 0.146 e. The number of rotatable bonds is 2. The molecule has 0 atom stereocenters. The molecule has 0 amide bonds. The Morgan fingerprint density at radius 3 is 2.67 bits per heavy atom. The molecule has 0 saturated carbocycles. The highest BCUT2D eigenvalue weighted by Crippen LogP contribution is 2.11. The van der Waals surface area contributed by atoms with Gasteiger partial charge in [0.1, 0.15) is 11.5 Å². The number of halogens is 1. The van der Waals surface area contributed by atoms with Gasteiger partial charge < -0.3 is 0 Å². The van der Waals surface area contributed by atoms with E-state index in [4.69, 9.17) is 0 Å². The molecule has 0 aliphatic carbocycles. The van der Waals surface area contributed by atoms with E-state index in [2.05, 4.69) is 16.5 Å². The monoisotopic (exact) mass is 164 g/mol. The summed E-state index contributed by atoms with van der Waals surface area (Å²) in [5, 5.41) is 0. The van der Waals surface area contributed by atoms with Gasteiger partial charge in [-0.25, -0.2) is 9.37 Å². The second-order valence-electron chi connectivity index (χ2n) is 2.17. The van der Waals surface area contributed by atoms with E-state index in [1.807, 2.05) is 0 Å². The highest BCUT2D eigenvalue weighted by atomic mass is 19.1. The fourth-order valence-corrected chi connectivity index (χ4v) is 0.715. The van der Waals surface area contributed by atoms with Crippen molar-refractivity contribution in [3.05, 3.63) is 36.4 Å². The van der Waals surface area contributed by atoms with E-state index < -0.39 is 0 Å². The van der Waals surface area contributed by atoms with E-state index in [0.29, 0.717) is 5.69 Å². The standard InChI is InChI=1S/C9H9FN2/c1-3-7-5-12-9(6-11-7)8(10)4-2/h3-6H,1H2,2H3/b8-4-. The summed E-state index contributed by atoms with van der Waals surface area (Å²) in [6.07, 6.45) is 5.76. The molecule has 2 nitrogen and oxygen atoms in total. The van der Waals surface area contributed by atoms with Crippen LogP contribution in [0, 0.1) is 0 Å². The molecule has 0 bridgehead atoms. The van der Waals surface area contributed by atoms with Gasteiger partial charge in [-0.3, -0.25) is 4.98 Å². The molecule has 0 aliphatic heterocycles. The zero-order chi connectivity index (χ0) is 8.97. The maximum atomic E-state index is 12.8. The Bertz CT molecular complexity index is 301. The van der Waals surface area contributed by atoms with Crippen molar-refractivity contribution in [3.63, 3.8) is 0 Å². The summed E-state index contributed by atoms with van der Waals surface area (Å²) >= 11 is 0. The molecule has 0 unspecified atom stereocenters. The van der Waals surface area contributed by atoms with Gasteiger partial charge in [0.2, 0.25) is 0 Å². The third-order valence-electron chi connectivity index (χ3n) is 1.38. The lowest BCUT2D eigenvalue weighted by Crippen LogP contribution is -1.88. The molecule has 1 aromatic rings. The zero-order valence-electron chi connectivity index (χ0n) is 6.79. The van der Waals surface area contributed by atoms with Crippen LogP contribution >= 0.6 is 0 Å². The number of hydrogen-bond acceptors (Lipinski definition) is 2. The van der Waals surface area contributed by atoms with Crippen molar-refractivity contribution in [3.8, 4) is 0 Å². The first-order chi connectivity index (χ1) is 5.77. The Morgan fingerprint density at radius 2 is 2.25 bits per heavy atom. The van der Waals surface area contributed by atoms with Gasteiger partial charge in [-0.15, -0.1) is 0 Å². The van der Waals surface area contributed by atoms with E-state index >= 15 is 0 Å². The molecule has 0 saturated heterocycles. The normalized spacial score (nSPS) is 11.3. The molecule has 1 rings (SSSR count). The highest BCUT2D eigenvalue weighted by Gasteiger charge is 1.99. The van der Waals surface area contributed by atoms with E-state index in [1.165, 1.54) is 18.5 Å². The fraction of sp³-hybridized carbons (Fsp3) is 0.111. The summed E-state index contributed by atoms with van der Waals surface area (Å²) < 4.78 is 12.8. The Morgan fingerprint density at radius 1 is 1.50 bits per heavy atom. The van der Waals surface area contributed by atoms with Crippen molar-refractivity contribution in [2.75, 3.05) is 0 Å². The van der Waals surface area contributed by atoms with Crippen LogP contribution in [0.5, 0.6) is 0 Å². The first kappa shape index (κ1) is 8.59. The largest absolute Gasteiger partial charge is 0.253 e. The van der Waals surface area contributed by atoms with Crippen molar-refractivity contribution in [2.45, 2.75) is 6.92 Å². The lowest BCUT2D eigenvalue weighted by atomic mass is 10.3. The Labute approximate surface area is 70.5 Å². The topological polar surface area (TPSA) is 25.8 Å². The van der Waals surface area contributed by atoms with Gasteiger partial charge in [0.15, 0.2) is 0 Å². The Hall–Kier alpha value is -1.51. The van der Waals surface area contributed by atoms with Crippen LogP contribution in [0.15, 0.2) is 25.0 Å². The van der Waals surface area contributed by atoms with Gasteiger partial charge in [-0.05, 0) is 19.1 Å². The van der Waals surface area contributed by atoms with Crippen LogP contribution < -0.4 is 0 Å². The molecule has 1 aromatic heterocycles. The molecule has 12 heavy (non-hydrogen) atoms. The minimum atomic E-state index is -0.363. The molecule has 1 heterocycles. The summed E-state index contributed by atoms with van der Waals surface area (Å²) in [4.78, 5) is 7.75. The molecular formula is C9H9FN2. The summed E-state index contributed by atoms with van der Waals surface area (Å²) in [5.41, 5.74) is 0.894. The predicted molar refractivity (Wildman–Crippen MR) is 46.9 cm³/mol. The number of aromatic nitrogens is 2. The van der Waals surface area contributed by atoms with Crippen LogP contribution in [0.4, 0.5) is 4.39 Å². The molecule has 0 N–H and O–H groups in total. The fourth-order valence-electron chi connectivity index (χ4n) is 0.715. The van der Waals surface area contributed by atoms with Gasteiger partial charge in [-0.1, -0.05) is 6.58 Å². The van der Waals surface area contributed by atoms with Gasteiger partial charge in [-0.2, -0.15) is 0 Å². The molecule has 0 radical (unpaired) electrons. The van der Waals surface area contributed by atoms with Crippen molar-refractivity contribution in [1.82, 2.24) is 9.97 Å². The first-order valence-corrected chi connectivity index (χ1v) is 3.54. The van der Waals surface area contributed by atoms with Gasteiger partial charge in [0.25, 0.3) is 0 Å². The second kappa shape index (κ2) is 3.76. The molecule has 0 fully saturated rings. The third kappa shape index (κ3) is 1.75. The molecule has 0 aliphatic rings. The van der Waals surface area contributed by atoms with Crippen LogP contribution in [0.2, 0.25) is 0 Å². The molecule has 3 heteroatoms. The summed E-state index contributed by atoms with van der Waals surface area (Å²) in [6.45, 7) is 5.12. The van der Waals surface area contributed by atoms with Crippen molar-refractivity contribution in [1.29, 1.82) is 0 Å². The minimum Gasteiger partial charge on any atom is -0.253 e. The number of nitrogens with zero attached hydrogens (tertiary/aromatic N) is 2. The minimum absolute atomic E-state index is 0.253. The zero-order valence-corrected chi connectivity index (χ0v) is 6.79. The summed E-state index contributed by atoms with van der Waals surface area (Å²) in [5.74, 6) is -0.363. The van der Waals surface area contributed by atoms with Crippen molar-refractivity contribution >= 4 is 11.9 Å². The van der Waals surface area contributed by atoms with Gasteiger partial charge >= 0.3 is 0 Å². The summed E-state index contributed by atoms with van der Waals surface area (Å²) in [7, 11) is 0. The molecular weight excluding hydrogens is 155 g/mol. The van der Waals surface area contributed by atoms with E-state index in [0.717, 1.165) is 0 Å². The average Bonchev–Trinajstić information content (AvgIpc) is 2.17. The lowest BCUT2D eigenvalue weighted by Gasteiger charge is -1.95. The van der Waals surface area contributed by atoms with Crippen molar-refractivity contribution < 1.29 is 4.39 Å². The van der Waals surface area contributed by atoms with E-state index in [9.17, 15) is 4.39 Å². The van der Waals surface area contributed by atoms with E-state index in [-0.39, 0.29) is 11.5 Å². The average molecular weight is 164 g/mol. The molecule has 0 spiro atoms. The maximum Gasteiger partial charge on any atom is 0.146 e. The third-order valence-corrected chi connectivity index (χ3v) is 1.38. The SMILES string of the molecule is C=Cc1cnc(/C(F)=C/C)cn1.